The summed E-state index contributed by atoms with van der Waals surface area (Å²) in [5, 5.41) is 9.55. The van der Waals surface area contributed by atoms with Crippen LogP contribution in [0.3, 0.4) is 0 Å². The quantitative estimate of drug-likeness (QED) is 0.709. The number of aromatic nitrogens is 4. The van der Waals surface area contributed by atoms with E-state index < -0.39 is 0 Å². The molecule has 2 aromatic heterocycles. The number of allylic oxidation sites excluding steroid dienone is 1. The zero-order valence-corrected chi connectivity index (χ0v) is 14.5. The molecular formula is C19H17N5S. The lowest BCUT2D eigenvalue weighted by Crippen LogP contribution is -2.41. The first-order chi connectivity index (χ1) is 12.3. The standard InChI is InChI=1S/C19H17N5S/c1-2-4-15-14(3-1)7-8-19(15)9-11-24(12-10-19)17-6-5-16(22-23-17)18-20-13-21-25-18/h1-8,13H,9-12H2. The van der Waals surface area contributed by atoms with Gasteiger partial charge in [-0.2, -0.15) is 4.37 Å². The van der Waals surface area contributed by atoms with Gasteiger partial charge in [-0.05, 0) is 47.6 Å². The van der Waals surface area contributed by atoms with Gasteiger partial charge in [-0.15, -0.1) is 10.2 Å². The normalized spacial score (nSPS) is 17.8. The summed E-state index contributed by atoms with van der Waals surface area (Å²) in [4.78, 5) is 6.51. The average molecular weight is 347 g/mol. The number of rotatable bonds is 2. The molecule has 1 aliphatic carbocycles. The Kier molecular flexibility index (Phi) is 3.38. The van der Waals surface area contributed by atoms with Gasteiger partial charge >= 0.3 is 0 Å². The molecule has 3 heterocycles. The molecule has 1 saturated heterocycles. The number of fused-ring (bicyclic) bond motifs is 2. The molecule has 0 unspecified atom stereocenters. The topological polar surface area (TPSA) is 54.8 Å². The maximum atomic E-state index is 4.41. The zero-order valence-electron chi connectivity index (χ0n) is 13.7. The fourth-order valence-electron chi connectivity index (χ4n) is 3.90. The highest BCUT2D eigenvalue weighted by Crippen LogP contribution is 2.44. The summed E-state index contributed by atoms with van der Waals surface area (Å²) in [6.45, 7) is 1.98. The minimum atomic E-state index is 0.201. The monoisotopic (exact) mass is 347 g/mol. The third-order valence-electron chi connectivity index (χ3n) is 5.29. The first kappa shape index (κ1) is 14.7. The van der Waals surface area contributed by atoms with Crippen molar-refractivity contribution in [2.24, 2.45) is 0 Å². The highest BCUT2D eigenvalue weighted by molar-refractivity contribution is 7.09. The maximum absolute atomic E-state index is 4.41. The lowest BCUT2D eigenvalue weighted by atomic mass is 9.74. The number of hydrogen-bond acceptors (Lipinski definition) is 6. The lowest BCUT2D eigenvalue weighted by molar-refractivity contribution is 0.409. The first-order valence-corrected chi connectivity index (χ1v) is 9.26. The molecule has 124 valence electrons. The van der Waals surface area contributed by atoms with Crippen molar-refractivity contribution in [3.8, 4) is 10.7 Å². The van der Waals surface area contributed by atoms with E-state index in [2.05, 4.69) is 60.9 Å². The molecule has 1 aromatic carbocycles. The third kappa shape index (κ3) is 2.44. The van der Waals surface area contributed by atoms with Gasteiger partial charge in [0.1, 0.15) is 12.0 Å². The van der Waals surface area contributed by atoms with Crippen molar-refractivity contribution in [1.29, 1.82) is 0 Å². The van der Waals surface area contributed by atoms with Crippen LogP contribution in [-0.4, -0.2) is 32.6 Å². The van der Waals surface area contributed by atoms with Gasteiger partial charge in [-0.3, -0.25) is 0 Å². The minimum absolute atomic E-state index is 0.201. The molecule has 1 aliphatic heterocycles. The summed E-state index contributed by atoms with van der Waals surface area (Å²) >= 11 is 1.34. The highest BCUT2D eigenvalue weighted by atomic mass is 32.1. The molecule has 0 saturated carbocycles. The molecule has 0 N–H and O–H groups in total. The van der Waals surface area contributed by atoms with Crippen LogP contribution in [0.25, 0.3) is 16.8 Å². The molecule has 6 heteroatoms. The van der Waals surface area contributed by atoms with E-state index in [9.17, 15) is 0 Å². The first-order valence-electron chi connectivity index (χ1n) is 8.49. The van der Waals surface area contributed by atoms with Crippen molar-refractivity contribution in [3.05, 3.63) is 59.9 Å². The van der Waals surface area contributed by atoms with Crippen LogP contribution in [0.1, 0.15) is 24.0 Å². The van der Waals surface area contributed by atoms with Crippen LogP contribution in [0.15, 0.2) is 48.8 Å². The fourth-order valence-corrected chi connectivity index (χ4v) is 4.39. The van der Waals surface area contributed by atoms with Gasteiger partial charge in [0, 0.05) is 18.5 Å². The van der Waals surface area contributed by atoms with Crippen LogP contribution in [0.2, 0.25) is 0 Å². The second-order valence-corrected chi connectivity index (χ2v) is 7.37. The second-order valence-electron chi connectivity index (χ2n) is 6.59. The van der Waals surface area contributed by atoms with E-state index in [1.807, 2.05) is 12.1 Å². The molecule has 0 bridgehead atoms. The SMILES string of the molecule is C1=CC2(CCN(c3ccc(-c4ncns4)nn3)CC2)c2ccccc21. The van der Waals surface area contributed by atoms with Gasteiger partial charge in [0.05, 0.1) is 0 Å². The third-order valence-corrected chi connectivity index (χ3v) is 5.98. The molecule has 3 aromatic rings. The maximum Gasteiger partial charge on any atom is 0.163 e. The summed E-state index contributed by atoms with van der Waals surface area (Å²) in [7, 11) is 0. The van der Waals surface area contributed by atoms with Gasteiger partial charge in [-0.25, -0.2) is 4.98 Å². The molecular weight excluding hydrogens is 330 g/mol. The number of anilines is 1. The molecule has 25 heavy (non-hydrogen) atoms. The van der Waals surface area contributed by atoms with Crippen LogP contribution in [0.5, 0.6) is 0 Å². The minimum Gasteiger partial charge on any atom is -0.355 e. The van der Waals surface area contributed by atoms with Gasteiger partial charge in [0.25, 0.3) is 0 Å². The van der Waals surface area contributed by atoms with E-state index in [1.54, 1.807) is 6.33 Å². The van der Waals surface area contributed by atoms with Crippen molar-refractivity contribution in [1.82, 2.24) is 19.6 Å². The van der Waals surface area contributed by atoms with E-state index in [1.165, 1.54) is 22.7 Å². The average Bonchev–Trinajstić information content (AvgIpc) is 3.33. The number of benzene rings is 1. The van der Waals surface area contributed by atoms with E-state index in [-0.39, 0.29) is 5.41 Å². The summed E-state index contributed by atoms with van der Waals surface area (Å²) in [6.07, 6.45) is 8.45. The fraction of sp³-hybridized carbons (Fsp3) is 0.263. The molecule has 0 radical (unpaired) electrons. The van der Waals surface area contributed by atoms with Crippen molar-refractivity contribution < 1.29 is 0 Å². The zero-order chi connectivity index (χ0) is 16.7. The molecule has 5 rings (SSSR count). The Bertz CT molecular complexity index is 909. The van der Waals surface area contributed by atoms with Crippen LogP contribution in [-0.2, 0) is 5.41 Å². The summed E-state index contributed by atoms with van der Waals surface area (Å²) in [6, 6.07) is 12.8. The Hall–Kier alpha value is -2.60. The van der Waals surface area contributed by atoms with Crippen molar-refractivity contribution in [2.75, 3.05) is 18.0 Å². The highest BCUT2D eigenvalue weighted by Gasteiger charge is 2.38. The van der Waals surface area contributed by atoms with Crippen LogP contribution in [0, 0.1) is 0 Å². The van der Waals surface area contributed by atoms with Gasteiger partial charge in [0.15, 0.2) is 10.8 Å². The van der Waals surface area contributed by atoms with Crippen molar-refractivity contribution >= 4 is 23.4 Å². The number of nitrogens with zero attached hydrogens (tertiary/aromatic N) is 5. The van der Waals surface area contributed by atoms with E-state index in [0.29, 0.717) is 0 Å². The van der Waals surface area contributed by atoms with Crippen LogP contribution >= 0.6 is 11.5 Å². The van der Waals surface area contributed by atoms with Crippen LogP contribution < -0.4 is 4.90 Å². The Morgan fingerprint density at radius 3 is 2.64 bits per heavy atom. The number of hydrogen-bond donors (Lipinski definition) is 0. The van der Waals surface area contributed by atoms with Gasteiger partial charge in [-0.1, -0.05) is 36.4 Å². The Balaban J connectivity index is 1.33. The predicted molar refractivity (Wildman–Crippen MR) is 99.5 cm³/mol. The van der Waals surface area contributed by atoms with E-state index in [0.717, 1.165) is 42.5 Å². The smallest absolute Gasteiger partial charge is 0.163 e. The van der Waals surface area contributed by atoms with Crippen LogP contribution in [0.4, 0.5) is 5.82 Å². The molecule has 5 nitrogen and oxygen atoms in total. The summed E-state index contributed by atoms with van der Waals surface area (Å²) in [5.41, 5.74) is 3.84. The molecule has 1 spiro atoms. The predicted octanol–water partition coefficient (Wildman–Crippen LogP) is 3.56. The second kappa shape index (κ2) is 5.74. The Morgan fingerprint density at radius 1 is 1.00 bits per heavy atom. The molecule has 0 amide bonds. The summed E-state index contributed by atoms with van der Waals surface area (Å²) in [5.74, 6) is 0.943. The lowest BCUT2D eigenvalue weighted by Gasteiger charge is -2.39. The van der Waals surface area contributed by atoms with Gasteiger partial charge in [0.2, 0.25) is 0 Å². The van der Waals surface area contributed by atoms with Gasteiger partial charge < -0.3 is 4.90 Å². The van der Waals surface area contributed by atoms with Crippen molar-refractivity contribution in [3.63, 3.8) is 0 Å². The van der Waals surface area contributed by atoms with E-state index >= 15 is 0 Å². The van der Waals surface area contributed by atoms with E-state index in [4.69, 9.17) is 0 Å². The molecule has 2 aliphatic rings. The Labute approximate surface area is 150 Å². The molecule has 0 atom stereocenters. The number of piperidine rings is 1. The summed E-state index contributed by atoms with van der Waals surface area (Å²) < 4.78 is 4.02. The Morgan fingerprint density at radius 2 is 1.88 bits per heavy atom. The largest absolute Gasteiger partial charge is 0.355 e. The van der Waals surface area contributed by atoms with Crippen molar-refractivity contribution in [2.45, 2.75) is 18.3 Å². The molecule has 1 fully saturated rings.